The summed E-state index contributed by atoms with van der Waals surface area (Å²) in [5.41, 5.74) is 1.39. The Labute approximate surface area is 126 Å². The minimum atomic E-state index is -0.768. The third-order valence-electron chi connectivity index (χ3n) is 3.36. The van der Waals surface area contributed by atoms with E-state index in [2.05, 4.69) is 4.98 Å². The topological polar surface area (TPSA) is 55.1 Å². The van der Waals surface area contributed by atoms with Crippen LogP contribution in [-0.4, -0.2) is 14.7 Å². The van der Waals surface area contributed by atoms with Gasteiger partial charge >= 0.3 is 0 Å². The van der Waals surface area contributed by atoms with Crippen molar-refractivity contribution in [2.45, 2.75) is 6.54 Å². The van der Waals surface area contributed by atoms with E-state index >= 15 is 0 Å². The van der Waals surface area contributed by atoms with Gasteiger partial charge in [-0.2, -0.15) is 0 Å². The largest absolute Gasteiger partial charge is 0.505 e. The zero-order chi connectivity index (χ0) is 15.5. The van der Waals surface area contributed by atoms with Crippen molar-refractivity contribution in [2.75, 3.05) is 0 Å². The molecule has 0 unspecified atom stereocenters. The number of halogens is 1. The summed E-state index contributed by atoms with van der Waals surface area (Å²) in [6.45, 7) is 0.390. The second-order valence-electron chi connectivity index (χ2n) is 4.89. The highest BCUT2D eigenvalue weighted by Crippen LogP contribution is 2.22. The number of hydrogen-bond donors (Lipinski definition) is 1. The number of rotatable bonds is 3. The van der Waals surface area contributed by atoms with Gasteiger partial charge in [0.2, 0.25) is 0 Å². The van der Waals surface area contributed by atoms with Gasteiger partial charge in [0.25, 0.3) is 5.56 Å². The summed E-state index contributed by atoms with van der Waals surface area (Å²) in [7, 11) is 0. The normalized spacial score (nSPS) is 10.6. The first kappa shape index (κ1) is 14.0. The molecule has 110 valence electrons. The summed E-state index contributed by atoms with van der Waals surface area (Å²) in [6, 6.07) is 13.4. The van der Waals surface area contributed by atoms with Gasteiger partial charge in [0.05, 0.1) is 18.4 Å². The van der Waals surface area contributed by atoms with Gasteiger partial charge in [-0.3, -0.25) is 9.36 Å². The number of aromatic nitrogens is 2. The molecule has 3 aromatic rings. The maximum absolute atomic E-state index is 13.5. The quantitative estimate of drug-likeness (QED) is 0.808. The predicted molar refractivity (Wildman–Crippen MR) is 81.1 cm³/mol. The average Bonchev–Trinajstić information content (AvgIpc) is 2.53. The minimum Gasteiger partial charge on any atom is -0.505 e. The van der Waals surface area contributed by atoms with E-state index in [1.165, 1.54) is 29.2 Å². The molecule has 0 aliphatic carbocycles. The van der Waals surface area contributed by atoms with E-state index in [1.54, 1.807) is 0 Å². The van der Waals surface area contributed by atoms with E-state index in [1.807, 2.05) is 30.3 Å². The number of phenols is 1. The maximum Gasteiger partial charge on any atom is 0.261 e. The fourth-order valence-electron chi connectivity index (χ4n) is 2.22. The molecule has 0 bridgehead atoms. The summed E-state index contributed by atoms with van der Waals surface area (Å²) < 4.78 is 14.9. The van der Waals surface area contributed by atoms with Crippen molar-refractivity contribution in [3.05, 3.63) is 82.8 Å². The van der Waals surface area contributed by atoms with Gasteiger partial charge in [0, 0.05) is 6.20 Å². The molecule has 0 saturated heterocycles. The van der Waals surface area contributed by atoms with Crippen LogP contribution in [0.3, 0.4) is 0 Å². The lowest BCUT2D eigenvalue weighted by Gasteiger charge is -2.08. The summed E-state index contributed by atoms with van der Waals surface area (Å²) >= 11 is 0. The van der Waals surface area contributed by atoms with E-state index in [4.69, 9.17) is 0 Å². The van der Waals surface area contributed by atoms with Gasteiger partial charge < -0.3 is 5.11 Å². The van der Waals surface area contributed by atoms with Gasteiger partial charge in [0.1, 0.15) is 0 Å². The van der Waals surface area contributed by atoms with Crippen molar-refractivity contribution in [3.63, 3.8) is 0 Å². The molecule has 0 atom stereocenters. The summed E-state index contributed by atoms with van der Waals surface area (Å²) in [6.07, 6.45) is 2.85. The first-order chi connectivity index (χ1) is 10.6. The Morgan fingerprint density at radius 1 is 1.14 bits per heavy atom. The molecule has 0 aliphatic rings. The molecule has 3 rings (SSSR count). The van der Waals surface area contributed by atoms with Crippen LogP contribution in [0.25, 0.3) is 11.1 Å². The highest BCUT2D eigenvalue weighted by atomic mass is 19.1. The molecule has 0 fully saturated rings. The minimum absolute atomic E-state index is 0.260. The van der Waals surface area contributed by atoms with Crippen LogP contribution in [0.5, 0.6) is 5.75 Å². The van der Waals surface area contributed by atoms with Gasteiger partial charge in [-0.05, 0) is 23.3 Å². The molecule has 0 amide bonds. The Bertz CT molecular complexity index is 860. The van der Waals surface area contributed by atoms with Crippen LogP contribution >= 0.6 is 0 Å². The lowest BCUT2D eigenvalue weighted by Crippen LogP contribution is -2.22. The van der Waals surface area contributed by atoms with Crippen molar-refractivity contribution in [1.82, 2.24) is 9.55 Å². The van der Waals surface area contributed by atoms with Crippen LogP contribution < -0.4 is 5.56 Å². The Hall–Kier alpha value is -2.95. The molecular formula is C17H13FN2O2. The van der Waals surface area contributed by atoms with Crippen LogP contribution in [0, 0.1) is 5.82 Å². The first-order valence-corrected chi connectivity index (χ1v) is 6.72. The number of hydrogen-bond acceptors (Lipinski definition) is 3. The van der Waals surface area contributed by atoms with E-state index in [0.29, 0.717) is 12.1 Å². The second kappa shape index (κ2) is 5.81. The fraction of sp³-hybridized carbons (Fsp3) is 0.0588. The predicted octanol–water partition coefficient (Wildman–Crippen LogP) is 2.80. The maximum atomic E-state index is 13.5. The van der Waals surface area contributed by atoms with Crippen LogP contribution in [-0.2, 0) is 6.54 Å². The molecule has 4 nitrogen and oxygen atoms in total. The van der Waals surface area contributed by atoms with Crippen LogP contribution in [0.15, 0.2) is 65.8 Å². The van der Waals surface area contributed by atoms with Crippen LogP contribution in [0.4, 0.5) is 4.39 Å². The molecular weight excluding hydrogens is 283 g/mol. The lowest BCUT2D eigenvalue weighted by atomic mass is 10.1. The summed E-state index contributed by atoms with van der Waals surface area (Å²) in [5.74, 6) is -1.22. The lowest BCUT2D eigenvalue weighted by molar-refractivity contribution is 0.432. The number of phenolic OH excluding ortho intramolecular Hbond substituents is 1. The van der Waals surface area contributed by atoms with Gasteiger partial charge in [-0.15, -0.1) is 0 Å². The van der Waals surface area contributed by atoms with E-state index < -0.39 is 11.6 Å². The fourth-order valence-corrected chi connectivity index (χ4v) is 2.22. The molecule has 22 heavy (non-hydrogen) atoms. The molecule has 0 spiro atoms. The van der Waals surface area contributed by atoms with E-state index in [0.717, 1.165) is 11.6 Å². The Morgan fingerprint density at radius 2 is 1.91 bits per heavy atom. The highest BCUT2D eigenvalue weighted by molar-refractivity contribution is 5.62. The van der Waals surface area contributed by atoms with E-state index in [-0.39, 0.29) is 11.1 Å². The Kier molecular flexibility index (Phi) is 3.70. The second-order valence-corrected chi connectivity index (χ2v) is 4.89. The molecule has 0 saturated carbocycles. The molecule has 1 aromatic heterocycles. The molecule has 1 N–H and O–H groups in total. The van der Waals surface area contributed by atoms with Gasteiger partial charge in [0.15, 0.2) is 11.6 Å². The first-order valence-electron chi connectivity index (χ1n) is 6.72. The van der Waals surface area contributed by atoms with Gasteiger partial charge in [-0.25, -0.2) is 9.37 Å². The van der Waals surface area contributed by atoms with Crippen molar-refractivity contribution in [2.24, 2.45) is 0 Å². The summed E-state index contributed by atoms with van der Waals surface area (Å²) in [5, 5.41) is 9.24. The van der Waals surface area contributed by atoms with Crippen LogP contribution in [0.2, 0.25) is 0 Å². The number of aromatic hydroxyl groups is 1. The zero-order valence-corrected chi connectivity index (χ0v) is 11.6. The number of benzene rings is 2. The van der Waals surface area contributed by atoms with Crippen molar-refractivity contribution in [1.29, 1.82) is 0 Å². The molecule has 0 radical (unpaired) electrons. The smallest absolute Gasteiger partial charge is 0.261 e. The highest BCUT2D eigenvalue weighted by Gasteiger charge is 2.10. The Balaban J connectivity index is 2.02. The third-order valence-corrected chi connectivity index (χ3v) is 3.36. The van der Waals surface area contributed by atoms with Crippen molar-refractivity contribution in [3.8, 4) is 16.9 Å². The SMILES string of the molecule is O=c1c(-c2ccc(O)c(F)c2)cncn1Cc1ccccc1. The average molecular weight is 296 g/mol. The van der Waals surface area contributed by atoms with Gasteiger partial charge in [-0.1, -0.05) is 36.4 Å². The standard InChI is InChI=1S/C17H13FN2O2/c18-15-8-13(6-7-16(15)21)14-9-19-11-20(17(14)22)10-12-4-2-1-3-5-12/h1-9,11,21H,10H2. The van der Waals surface area contributed by atoms with E-state index in [9.17, 15) is 14.3 Å². The van der Waals surface area contributed by atoms with Crippen molar-refractivity contribution >= 4 is 0 Å². The summed E-state index contributed by atoms with van der Waals surface area (Å²) in [4.78, 5) is 16.6. The zero-order valence-electron chi connectivity index (χ0n) is 11.6. The molecule has 1 heterocycles. The van der Waals surface area contributed by atoms with Crippen molar-refractivity contribution < 1.29 is 9.50 Å². The van der Waals surface area contributed by atoms with Crippen LogP contribution in [0.1, 0.15) is 5.56 Å². The third kappa shape index (κ3) is 2.74. The number of nitrogens with zero attached hydrogens (tertiary/aromatic N) is 2. The molecule has 0 aliphatic heterocycles. The molecule has 5 heteroatoms. The monoisotopic (exact) mass is 296 g/mol. The molecule has 2 aromatic carbocycles. The Morgan fingerprint density at radius 3 is 2.64 bits per heavy atom.